The van der Waals surface area contributed by atoms with Crippen LogP contribution in [0.25, 0.3) is 11.5 Å². The van der Waals surface area contributed by atoms with Gasteiger partial charge in [0, 0.05) is 11.9 Å². The Morgan fingerprint density at radius 2 is 1.81 bits per heavy atom. The molecular formula is C17H17N3O. The van der Waals surface area contributed by atoms with Crippen LogP contribution in [0, 0.1) is 20.8 Å². The summed E-state index contributed by atoms with van der Waals surface area (Å²) < 4.78 is 5.43. The number of nitrogens with one attached hydrogen (secondary N) is 1. The van der Waals surface area contributed by atoms with E-state index in [1.807, 2.05) is 19.1 Å². The molecule has 4 nitrogen and oxygen atoms in total. The molecule has 0 aliphatic carbocycles. The van der Waals surface area contributed by atoms with Crippen molar-refractivity contribution in [2.45, 2.75) is 20.8 Å². The van der Waals surface area contributed by atoms with Crippen LogP contribution >= 0.6 is 0 Å². The van der Waals surface area contributed by atoms with Crippen molar-refractivity contribution in [2.75, 3.05) is 5.32 Å². The normalized spacial score (nSPS) is 10.6. The molecule has 0 saturated carbocycles. The van der Waals surface area contributed by atoms with Gasteiger partial charge in [0.05, 0.1) is 6.26 Å². The monoisotopic (exact) mass is 279 g/mol. The molecule has 0 atom stereocenters. The first-order valence-corrected chi connectivity index (χ1v) is 6.84. The van der Waals surface area contributed by atoms with Crippen molar-refractivity contribution in [3.63, 3.8) is 0 Å². The fraction of sp³-hybridized carbons (Fsp3) is 0.176. The third-order valence-corrected chi connectivity index (χ3v) is 3.20. The quantitative estimate of drug-likeness (QED) is 0.771. The molecule has 2 aromatic heterocycles. The molecule has 0 bridgehead atoms. The standard InChI is InChI=1S/C17H17N3O/c1-11-7-12(2)9-14(8-11)19-17-18-10-13(3)16(20-17)15-5-4-6-21-15/h4-10H,1-3H3,(H,18,19,20). The van der Waals surface area contributed by atoms with Crippen LogP contribution in [-0.2, 0) is 0 Å². The van der Waals surface area contributed by atoms with Crippen LogP contribution in [0.2, 0.25) is 0 Å². The van der Waals surface area contributed by atoms with E-state index < -0.39 is 0 Å². The number of aromatic nitrogens is 2. The Kier molecular flexibility index (Phi) is 3.44. The van der Waals surface area contributed by atoms with Crippen LogP contribution in [-0.4, -0.2) is 9.97 Å². The second-order valence-corrected chi connectivity index (χ2v) is 5.20. The summed E-state index contributed by atoms with van der Waals surface area (Å²) in [5, 5.41) is 3.25. The maximum Gasteiger partial charge on any atom is 0.227 e. The molecule has 2 heterocycles. The number of anilines is 2. The minimum atomic E-state index is 0.567. The van der Waals surface area contributed by atoms with E-state index in [4.69, 9.17) is 4.42 Å². The van der Waals surface area contributed by atoms with Crippen molar-refractivity contribution in [1.82, 2.24) is 9.97 Å². The maximum absolute atomic E-state index is 5.43. The minimum absolute atomic E-state index is 0.567. The van der Waals surface area contributed by atoms with Crippen LogP contribution < -0.4 is 5.32 Å². The summed E-state index contributed by atoms with van der Waals surface area (Å²) in [6.07, 6.45) is 3.45. The first kappa shape index (κ1) is 13.4. The lowest BCUT2D eigenvalue weighted by atomic mass is 10.1. The highest BCUT2D eigenvalue weighted by Gasteiger charge is 2.09. The smallest absolute Gasteiger partial charge is 0.227 e. The Hall–Kier alpha value is -2.62. The van der Waals surface area contributed by atoms with Crippen LogP contribution in [0.15, 0.2) is 47.2 Å². The van der Waals surface area contributed by atoms with Crippen molar-refractivity contribution in [3.05, 3.63) is 59.5 Å². The van der Waals surface area contributed by atoms with E-state index in [1.54, 1.807) is 12.5 Å². The van der Waals surface area contributed by atoms with Gasteiger partial charge in [-0.3, -0.25) is 0 Å². The number of benzene rings is 1. The molecule has 1 aromatic carbocycles. The van der Waals surface area contributed by atoms with Crippen molar-refractivity contribution < 1.29 is 4.42 Å². The molecule has 0 radical (unpaired) electrons. The molecule has 3 rings (SSSR count). The molecule has 4 heteroatoms. The summed E-state index contributed by atoms with van der Waals surface area (Å²) in [6, 6.07) is 10.0. The van der Waals surface area contributed by atoms with E-state index in [0.717, 1.165) is 22.7 Å². The number of aryl methyl sites for hydroxylation is 3. The van der Waals surface area contributed by atoms with E-state index in [1.165, 1.54) is 11.1 Å². The van der Waals surface area contributed by atoms with Crippen molar-refractivity contribution in [1.29, 1.82) is 0 Å². The number of rotatable bonds is 3. The zero-order valence-corrected chi connectivity index (χ0v) is 12.3. The summed E-state index contributed by atoms with van der Waals surface area (Å²) in [5.74, 6) is 1.32. The van der Waals surface area contributed by atoms with E-state index >= 15 is 0 Å². The molecule has 0 amide bonds. The van der Waals surface area contributed by atoms with Gasteiger partial charge in [-0.2, -0.15) is 0 Å². The topological polar surface area (TPSA) is 51.0 Å². The minimum Gasteiger partial charge on any atom is -0.463 e. The average Bonchev–Trinajstić information content (AvgIpc) is 2.93. The van der Waals surface area contributed by atoms with Crippen molar-refractivity contribution in [3.8, 4) is 11.5 Å². The lowest BCUT2D eigenvalue weighted by Crippen LogP contribution is -2.00. The molecule has 0 spiro atoms. The highest BCUT2D eigenvalue weighted by Crippen LogP contribution is 2.24. The number of furan rings is 1. The van der Waals surface area contributed by atoms with Gasteiger partial charge in [-0.05, 0) is 61.7 Å². The second kappa shape index (κ2) is 5.40. The highest BCUT2D eigenvalue weighted by atomic mass is 16.3. The highest BCUT2D eigenvalue weighted by molar-refractivity contribution is 5.61. The zero-order valence-electron chi connectivity index (χ0n) is 12.3. The second-order valence-electron chi connectivity index (χ2n) is 5.20. The predicted molar refractivity (Wildman–Crippen MR) is 83.7 cm³/mol. The summed E-state index contributed by atoms with van der Waals surface area (Å²) in [4.78, 5) is 8.89. The Bertz CT molecular complexity index is 743. The molecular weight excluding hydrogens is 262 g/mol. The molecule has 106 valence electrons. The summed E-state index contributed by atoms with van der Waals surface area (Å²) in [6.45, 7) is 6.11. The third-order valence-electron chi connectivity index (χ3n) is 3.20. The maximum atomic E-state index is 5.43. The van der Waals surface area contributed by atoms with Gasteiger partial charge in [-0.1, -0.05) is 6.07 Å². The van der Waals surface area contributed by atoms with Crippen molar-refractivity contribution >= 4 is 11.6 Å². The molecule has 0 unspecified atom stereocenters. The van der Waals surface area contributed by atoms with Crippen LogP contribution in [0.5, 0.6) is 0 Å². The van der Waals surface area contributed by atoms with Crippen LogP contribution in [0.4, 0.5) is 11.6 Å². The van der Waals surface area contributed by atoms with Crippen molar-refractivity contribution in [2.24, 2.45) is 0 Å². The van der Waals surface area contributed by atoms with Crippen LogP contribution in [0.3, 0.4) is 0 Å². The molecule has 0 saturated heterocycles. The van der Waals surface area contributed by atoms with E-state index in [2.05, 4.69) is 47.3 Å². The number of nitrogens with zero attached hydrogens (tertiary/aromatic N) is 2. The van der Waals surface area contributed by atoms with E-state index in [9.17, 15) is 0 Å². The lowest BCUT2D eigenvalue weighted by molar-refractivity contribution is 0.579. The first-order valence-electron chi connectivity index (χ1n) is 6.84. The predicted octanol–water partition coefficient (Wildman–Crippen LogP) is 4.41. The largest absolute Gasteiger partial charge is 0.463 e. The Labute approximate surface area is 123 Å². The van der Waals surface area contributed by atoms with Gasteiger partial charge < -0.3 is 9.73 Å². The molecule has 1 N–H and O–H groups in total. The summed E-state index contributed by atoms with van der Waals surface area (Å²) in [7, 11) is 0. The van der Waals surface area contributed by atoms with Gasteiger partial charge in [-0.15, -0.1) is 0 Å². The summed E-state index contributed by atoms with van der Waals surface area (Å²) in [5.41, 5.74) is 5.19. The number of hydrogen-bond acceptors (Lipinski definition) is 4. The average molecular weight is 279 g/mol. The van der Waals surface area contributed by atoms with E-state index in [0.29, 0.717) is 5.95 Å². The molecule has 21 heavy (non-hydrogen) atoms. The molecule has 0 aliphatic rings. The summed E-state index contributed by atoms with van der Waals surface area (Å²) >= 11 is 0. The fourth-order valence-electron chi connectivity index (χ4n) is 2.34. The van der Waals surface area contributed by atoms with Gasteiger partial charge >= 0.3 is 0 Å². The van der Waals surface area contributed by atoms with Gasteiger partial charge in [-0.25, -0.2) is 9.97 Å². The Balaban J connectivity index is 1.94. The zero-order chi connectivity index (χ0) is 14.8. The Morgan fingerprint density at radius 3 is 2.48 bits per heavy atom. The Morgan fingerprint density at radius 1 is 1.05 bits per heavy atom. The van der Waals surface area contributed by atoms with Gasteiger partial charge in [0.2, 0.25) is 5.95 Å². The third kappa shape index (κ3) is 2.94. The molecule has 0 aliphatic heterocycles. The molecule has 0 fully saturated rings. The first-order chi connectivity index (χ1) is 10.1. The van der Waals surface area contributed by atoms with Gasteiger partial charge in [0.15, 0.2) is 5.76 Å². The van der Waals surface area contributed by atoms with Crippen LogP contribution in [0.1, 0.15) is 16.7 Å². The lowest BCUT2D eigenvalue weighted by Gasteiger charge is -2.09. The molecule has 3 aromatic rings. The number of hydrogen-bond donors (Lipinski definition) is 1. The van der Waals surface area contributed by atoms with E-state index in [-0.39, 0.29) is 0 Å². The van der Waals surface area contributed by atoms with Gasteiger partial charge in [0.25, 0.3) is 0 Å². The SMILES string of the molecule is Cc1cc(C)cc(Nc2ncc(C)c(-c3ccco3)n2)c1. The van der Waals surface area contributed by atoms with Gasteiger partial charge in [0.1, 0.15) is 5.69 Å². The fourth-order valence-corrected chi connectivity index (χ4v) is 2.34.